The Bertz CT molecular complexity index is 393. The van der Waals surface area contributed by atoms with Crippen LogP contribution >= 0.6 is 0 Å². The number of nitrogens with one attached hydrogen (secondary N) is 1. The minimum Gasteiger partial charge on any atom is -0.444 e. The van der Waals surface area contributed by atoms with Gasteiger partial charge >= 0.3 is 6.09 Å². The second-order valence-electron chi connectivity index (χ2n) is 6.18. The molecule has 0 fully saturated rings. The minimum atomic E-state index is -0.491. The highest BCUT2D eigenvalue weighted by Gasteiger charge is 2.28. The van der Waals surface area contributed by atoms with Gasteiger partial charge in [-0.2, -0.15) is 0 Å². The van der Waals surface area contributed by atoms with Crippen LogP contribution in [0.4, 0.5) is 4.79 Å². The minimum absolute atomic E-state index is 0.132. The molecule has 0 aromatic carbocycles. The first-order chi connectivity index (χ1) is 8.70. The molecule has 108 valence electrons. The Morgan fingerprint density at radius 3 is 2.47 bits per heavy atom. The van der Waals surface area contributed by atoms with Crippen LogP contribution in [0.3, 0.4) is 0 Å². The molecular weight excluding hydrogens is 242 g/mol. The van der Waals surface area contributed by atoms with Crippen molar-refractivity contribution >= 4 is 6.09 Å². The van der Waals surface area contributed by atoms with E-state index in [4.69, 9.17) is 4.74 Å². The number of hydrogen-bond acceptors (Lipinski definition) is 3. The monoisotopic (exact) mass is 267 g/mol. The summed E-state index contributed by atoms with van der Waals surface area (Å²) in [5.41, 5.74) is -0.491. The quantitative estimate of drug-likeness (QED) is 0.910. The lowest BCUT2D eigenvalue weighted by molar-refractivity contribution is 0.0140. The molecule has 1 atom stereocenters. The predicted molar refractivity (Wildman–Crippen MR) is 74.8 cm³/mol. The van der Waals surface area contributed by atoms with E-state index in [1.807, 2.05) is 27.7 Å². The molecule has 1 aromatic heterocycles. The summed E-state index contributed by atoms with van der Waals surface area (Å²) in [5, 5.41) is 0. The van der Waals surface area contributed by atoms with E-state index in [-0.39, 0.29) is 12.1 Å². The van der Waals surface area contributed by atoms with E-state index in [2.05, 4.69) is 23.8 Å². The van der Waals surface area contributed by atoms with Gasteiger partial charge in [0.15, 0.2) is 0 Å². The zero-order valence-corrected chi connectivity index (χ0v) is 12.7. The van der Waals surface area contributed by atoms with Gasteiger partial charge in [-0.05, 0) is 33.6 Å². The molecule has 0 radical (unpaired) electrons. The van der Waals surface area contributed by atoms with Gasteiger partial charge in [0.25, 0.3) is 0 Å². The Labute approximate surface area is 115 Å². The number of nitrogens with zero attached hydrogens (tertiary/aromatic N) is 2. The molecule has 0 saturated carbocycles. The molecule has 1 N–H and O–H groups in total. The van der Waals surface area contributed by atoms with Crippen molar-refractivity contribution in [1.29, 1.82) is 0 Å². The second-order valence-corrected chi connectivity index (χ2v) is 6.18. The van der Waals surface area contributed by atoms with Gasteiger partial charge < -0.3 is 9.72 Å². The van der Waals surface area contributed by atoms with Crippen LogP contribution in [0.2, 0.25) is 0 Å². The summed E-state index contributed by atoms with van der Waals surface area (Å²) in [6.07, 6.45) is 3.15. The maximum Gasteiger partial charge on any atom is 0.410 e. The van der Waals surface area contributed by atoms with Crippen molar-refractivity contribution in [1.82, 2.24) is 14.9 Å². The number of aromatic amines is 1. The number of imidazole rings is 1. The normalized spacial score (nSPS) is 13.4. The Hall–Kier alpha value is -1.52. The van der Waals surface area contributed by atoms with E-state index in [1.54, 1.807) is 17.3 Å². The van der Waals surface area contributed by atoms with Crippen LogP contribution < -0.4 is 0 Å². The number of carbonyl (C=O) groups is 1. The van der Waals surface area contributed by atoms with Crippen molar-refractivity contribution in [2.45, 2.75) is 53.2 Å². The number of ether oxygens (including phenoxy) is 1. The molecule has 0 saturated heterocycles. The summed E-state index contributed by atoms with van der Waals surface area (Å²) in [6.45, 7) is 12.3. The molecule has 1 unspecified atom stereocenters. The zero-order valence-electron chi connectivity index (χ0n) is 12.7. The SMILES string of the molecule is CC(C)CN(C(=O)OC(C)(C)C)C(C)c1ncc[nH]1. The predicted octanol–water partition coefficient (Wildman–Crippen LogP) is 3.36. The molecule has 0 spiro atoms. The maximum atomic E-state index is 12.3. The van der Waals surface area contributed by atoms with E-state index in [0.717, 1.165) is 5.82 Å². The lowest BCUT2D eigenvalue weighted by Gasteiger charge is -2.32. The van der Waals surface area contributed by atoms with Gasteiger partial charge in [0.05, 0.1) is 6.04 Å². The topological polar surface area (TPSA) is 58.2 Å². The number of H-pyrrole nitrogens is 1. The number of hydrogen-bond donors (Lipinski definition) is 1. The smallest absolute Gasteiger partial charge is 0.410 e. The summed E-state index contributed by atoms with van der Waals surface area (Å²) in [4.78, 5) is 21.3. The van der Waals surface area contributed by atoms with E-state index < -0.39 is 5.60 Å². The molecule has 1 heterocycles. The van der Waals surface area contributed by atoms with Crippen molar-refractivity contribution in [2.75, 3.05) is 6.54 Å². The van der Waals surface area contributed by atoms with Crippen molar-refractivity contribution in [3.63, 3.8) is 0 Å². The summed E-state index contributed by atoms with van der Waals surface area (Å²) < 4.78 is 5.47. The van der Waals surface area contributed by atoms with Crippen LogP contribution in [0.25, 0.3) is 0 Å². The largest absolute Gasteiger partial charge is 0.444 e. The van der Waals surface area contributed by atoms with Crippen LogP contribution in [0.5, 0.6) is 0 Å². The van der Waals surface area contributed by atoms with Crippen molar-refractivity contribution in [3.8, 4) is 0 Å². The molecule has 5 nitrogen and oxygen atoms in total. The molecule has 0 aliphatic rings. The summed E-state index contributed by atoms with van der Waals surface area (Å²) in [6, 6.07) is -0.132. The van der Waals surface area contributed by atoms with Crippen LogP contribution in [0.1, 0.15) is 53.4 Å². The molecule has 0 aliphatic carbocycles. The van der Waals surface area contributed by atoms with E-state index in [9.17, 15) is 4.79 Å². The lowest BCUT2D eigenvalue weighted by Crippen LogP contribution is -2.40. The van der Waals surface area contributed by atoms with Gasteiger partial charge in [-0.15, -0.1) is 0 Å². The van der Waals surface area contributed by atoms with Crippen molar-refractivity contribution in [3.05, 3.63) is 18.2 Å². The molecule has 5 heteroatoms. The van der Waals surface area contributed by atoms with Gasteiger partial charge in [0, 0.05) is 18.9 Å². The third kappa shape index (κ3) is 4.93. The Morgan fingerprint density at radius 1 is 1.42 bits per heavy atom. The highest BCUT2D eigenvalue weighted by Crippen LogP contribution is 2.21. The number of carbonyl (C=O) groups excluding carboxylic acids is 1. The van der Waals surface area contributed by atoms with E-state index >= 15 is 0 Å². The first-order valence-electron chi connectivity index (χ1n) is 6.69. The van der Waals surface area contributed by atoms with Gasteiger partial charge in [-0.3, -0.25) is 4.90 Å². The molecule has 0 bridgehead atoms. The number of aromatic nitrogens is 2. The first-order valence-corrected chi connectivity index (χ1v) is 6.69. The maximum absolute atomic E-state index is 12.3. The standard InChI is InChI=1S/C14H25N3O2/c1-10(2)9-17(13(18)19-14(4,5)6)11(3)12-15-7-8-16-12/h7-8,10-11H,9H2,1-6H3,(H,15,16). The Morgan fingerprint density at radius 2 is 2.05 bits per heavy atom. The molecule has 1 rings (SSSR count). The molecule has 0 aliphatic heterocycles. The fourth-order valence-electron chi connectivity index (χ4n) is 1.76. The molecule has 19 heavy (non-hydrogen) atoms. The van der Waals surface area contributed by atoms with Crippen LogP contribution in [0.15, 0.2) is 12.4 Å². The zero-order chi connectivity index (χ0) is 14.6. The third-order valence-electron chi connectivity index (χ3n) is 2.57. The van der Waals surface area contributed by atoms with Gasteiger partial charge in [0.1, 0.15) is 11.4 Å². The lowest BCUT2D eigenvalue weighted by atomic mass is 10.1. The summed E-state index contributed by atoms with van der Waals surface area (Å²) >= 11 is 0. The van der Waals surface area contributed by atoms with Gasteiger partial charge in [-0.25, -0.2) is 9.78 Å². The Kier molecular flexibility index (Phi) is 4.97. The van der Waals surface area contributed by atoms with Crippen LogP contribution in [0, 0.1) is 5.92 Å². The summed E-state index contributed by atoms with van der Waals surface area (Å²) in [7, 11) is 0. The third-order valence-corrected chi connectivity index (χ3v) is 2.57. The molecular formula is C14H25N3O2. The Balaban J connectivity index is 2.85. The first kappa shape index (κ1) is 15.5. The fourth-order valence-corrected chi connectivity index (χ4v) is 1.76. The summed E-state index contributed by atoms with van der Waals surface area (Å²) in [5.74, 6) is 1.14. The average molecular weight is 267 g/mol. The molecule has 1 aromatic rings. The van der Waals surface area contributed by atoms with Crippen molar-refractivity contribution in [2.24, 2.45) is 5.92 Å². The highest BCUT2D eigenvalue weighted by atomic mass is 16.6. The number of amides is 1. The highest BCUT2D eigenvalue weighted by molar-refractivity contribution is 5.68. The van der Waals surface area contributed by atoms with Gasteiger partial charge in [0.2, 0.25) is 0 Å². The fraction of sp³-hybridized carbons (Fsp3) is 0.714. The number of rotatable bonds is 4. The van der Waals surface area contributed by atoms with Crippen LogP contribution in [-0.2, 0) is 4.74 Å². The molecule has 1 amide bonds. The second kappa shape index (κ2) is 6.08. The van der Waals surface area contributed by atoms with E-state index in [1.165, 1.54) is 0 Å². The van der Waals surface area contributed by atoms with Gasteiger partial charge in [-0.1, -0.05) is 13.8 Å². The van der Waals surface area contributed by atoms with Crippen LogP contribution in [-0.4, -0.2) is 33.1 Å². The van der Waals surface area contributed by atoms with Crippen molar-refractivity contribution < 1.29 is 9.53 Å². The van der Waals surface area contributed by atoms with E-state index in [0.29, 0.717) is 12.5 Å². The average Bonchev–Trinajstić information content (AvgIpc) is 2.75.